The van der Waals surface area contributed by atoms with E-state index in [9.17, 15) is 0 Å². The molecule has 5 heteroatoms. The van der Waals surface area contributed by atoms with Gasteiger partial charge in [0.2, 0.25) is 11.8 Å². The highest BCUT2D eigenvalue weighted by Crippen LogP contribution is 2.28. The van der Waals surface area contributed by atoms with Gasteiger partial charge in [0.1, 0.15) is 0 Å². The van der Waals surface area contributed by atoms with Crippen molar-refractivity contribution in [2.24, 2.45) is 5.92 Å². The Morgan fingerprint density at radius 2 is 2.10 bits per heavy atom. The molecule has 2 heterocycles. The van der Waals surface area contributed by atoms with Crippen molar-refractivity contribution in [3.8, 4) is 5.88 Å². The second kappa shape index (κ2) is 7.07. The third kappa shape index (κ3) is 4.30. The molecule has 1 saturated carbocycles. The maximum Gasteiger partial charge on any atom is 0.228 e. The molecule has 1 aliphatic carbocycles. The van der Waals surface area contributed by atoms with Crippen LogP contribution in [0.4, 0.5) is 5.95 Å². The zero-order chi connectivity index (χ0) is 14.5. The van der Waals surface area contributed by atoms with Gasteiger partial charge in [-0.1, -0.05) is 6.92 Å². The number of rotatable bonds is 7. The Kier molecular flexibility index (Phi) is 4.91. The molecule has 1 saturated heterocycles. The summed E-state index contributed by atoms with van der Waals surface area (Å²) in [7, 11) is 0. The number of nitrogens with zero attached hydrogens (tertiary/aromatic N) is 3. The summed E-state index contributed by atoms with van der Waals surface area (Å²) in [6.07, 6.45) is 7.99. The summed E-state index contributed by atoms with van der Waals surface area (Å²) < 4.78 is 5.59. The first kappa shape index (κ1) is 14.6. The topological polar surface area (TPSA) is 50.3 Å². The third-order valence-electron chi connectivity index (χ3n) is 4.24. The van der Waals surface area contributed by atoms with Gasteiger partial charge in [-0.3, -0.25) is 0 Å². The van der Waals surface area contributed by atoms with Crippen LogP contribution in [-0.4, -0.2) is 42.3 Å². The van der Waals surface area contributed by atoms with Crippen LogP contribution in [0.1, 0.15) is 39.0 Å². The second-order valence-corrected chi connectivity index (χ2v) is 6.16. The Balaban J connectivity index is 1.48. The molecule has 0 atom stereocenters. The highest BCUT2D eigenvalue weighted by atomic mass is 16.5. The van der Waals surface area contributed by atoms with E-state index in [1.165, 1.54) is 32.2 Å². The summed E-state index contributed by atoms with van der Waals surface area (Å²) in [6.45, 7) is 6.08. The lowest BCUT2D eigenvalue weighted by atomic mass is 10.1. The zero-order valence-electron chi connectivity index (χ0n) is 12.9. The van der Waals surface area contributed by atoms with Crippen molar-refractivity contribution in [1.82, 2.24) is 15.3 Å². The first-order valence-electron chi connectivity index (χ1n) is 8.29. The molecule has 1 aliphatic heterocycles. The molecule has 1 aromatic rings. The molecule has 0 amide bonds. The number of hydrogen-bond donors (Lipinski definition) is 1. The number of piperidine rings is 1. The monoisotopic (exact) mass is 290 g/mol. The van der Waals surface area contributed by atoms with Crippen LogP contribution in [0.5, 0.6) is 5.88 Å². The molecule has 21 heavy (non-hydrogen) atoms. The van der Waals surface area contributed by atoms with Crippen LogP contribution >= 0.6 is 0 Å². The van der Waals surface area contributed by atoms with E-state index >= 15 is 0 Å². The van der Waals surface area contributed by atoms with E-state index in [1.807, 2.05) is 6.07 Å². The maximum absolute atomic E-state index is 5.59. The van der Waals surface area contributed by atoms with E-state index in [1.54, 1.807) is 6.20 Å². The Morgan fingerprint density at radius 3 is 2.81 bits per heavy atom. The molecule has 2 aliphatic rings. The van der Waals surface area contributed by atoms with Crippen molar-refractivity contribution in [1.29, 1.82) is 0 Å². The Hall–Kier alpha value is -1.36. The molecule has 0 radical (unpaired) electrons. The van der Waals surface area contributed by atoms with Crippen molar-refractivity contribution in [3.05, 3.63) is 12.3 Å². The summed E-state index contributed by atoms with van der Waals surface area (Å²) in [5.74, 6) is 2.46. The van der Waals surface area contributed by atoms with Gasteiger partial charge in [-0.15, -0.1) is 0 Å². The maximum atomic E-state index is 5.59. The molecule has 116 valence electrons. The largest absolute Gasteiger partial charge is 0.478 e. The number of anilines is 1. The van der Waals surface area contributed by atoms with Crippen LogP contribution in [0.25, 0.3) is 0 Å². The van der Waals surface area contributed by atoms with Gasteiger partial charge in [-0.2, -0.15) is 4.98 Å². The van der Waals surface area contributed by atoms with Gasteiger partial charge in [0.15, 0.2) is 0 Å². The van der Waals surface area contributed by atoms with Crippen molar-refractivity contribution in [2.75, 3.05) is 31.1 Å². The van der Waals surface area contributed by atoms with Crippen LogP contribution < -0.4 is 15.0 Å². The fraction of sp³-hybridized carbons (Fsp3) is 0.750. The van der Waals surface area contributed by atoms with Gasteiger partial charge in [0.25, 0.3) is 0 Å². The highest BCUT2D eigenvalue weighted by molar-refractivity contribution is 5.32. The standard InChI is InChI=1S/C16H26N4O/c1-2-11-21-15-5-8-17-16(19-15)20-9-6-14(7-10-20)18-12-13-3-4-13/h5,8,13-14,18H,2-4,6-7,9-12H2,1H3. The zero-order valence-corrected chi connectivity index (χ0v) is 12.9. The number of nitrogens with one attached hydrogen (secondary N) is 1. The number of hydrogen-bond acceptors (Lipinski definition) is 5. The smallest absolute Gasteiger partial charge is 0.228 e. The minimum Gasteiger partial charge on any atom is -0.478 e. The molecule has 0 unspecified atom stereocenters. The molecule has 0 aromatic carbocycles. The van der Waals surface area contributed by atoms with Gasteiger partial charge in [0.05, 0.1) is 6.61 Å². The van der Waals surface area contributed by atoms with Crippen molar-refractivity contribution in [3.63, 3.8) is 0 Å². The molecule has 0 bridgehead atoms. The number of aromatic nitrogens is 2. The van der Waals surface area contributed by atoms with Gasteiger partial charge in [-0.25, -0.2) is 4.98 Å². The average molecular weight is 290 g/mol. The van der Waals surface area contributed by atoms with Crippen LogP contribution in [0.15, 0.2) is 12.3 Å². The average Bonchev–Trinajstić information content (AvgIpc) is 3.36. The highest BCUT2D eigenvalue weighted by Gasteiger charge is 2.25. The summed E-state index contributed by atoms with van der Waals surface area (Å²) in [5, 5.41) is 3.70. The van der Waals surface area contributed by atoms with Crippen LogP contribution in [0.2, 0.25) is 0 Å². The summed E-state index contributed by atoms with van der Waals surface area (Å²) in [6, 6.07) is 2.50. The Bertz CT molecular complexity index is 442. The van der Waals surface area contributed by atoms with Gasteiger partial charge in [0, 0.05) is 31.4 Å². The molecule has 1 aromatic heterocycles. The lowest BCUT2D eigenvalue weighted by Crippen LogP contribution is -2.43. The SMILES string of the molecule is CCCOc1ccnc(N2CCC(NCC3CC3)CC2)n1. The lowest BCUT2D eigenvalue weighted by Gasteiger charge is -2.32. The van der Waals surface area contributed by atoms with Crippen LogP contribution in [-0.2, 0) is 0 Å². The van der Waals surface area contributed by atoms with Crippen LogP contribution in [0.3, 0.4) is 0 Å². The third-order valence-corrected chi connectivity index (χ3v) is 4.24. The quantitative estimate of drug-likeness (QED) is 0.834. The molecule has 2 fully saturated rings. The van der Waals surface area contributed by atoms with Crippen molar-refractivity contribution >= 4 is 5.95 Å². The first-order valence-corrected chi connectivity index (χ1v) is 8.29. The predicted molar refractivity (Wildman–Crippen MR) is 83.8 cm³/mol. The Labute approximate surface area is 127 Å². The van der Waals surface area contributed by atoms with Gasteiger partial charge < -0.3 is 15.0 Å². The van der Waals surface area contributed by atoms with Gasteiger partial charge in [-0.05, 0) is 44.6 Å². The van der Waals surface area contributed by atoms with E-state index in [4.69, 9.17) is 4.74 Å². The predicted octanol–water partition coefficient (Wildman–Crippen LogP) is 2.23. The molecule has 5 nitrogen and oxygen atoms in total. The summed E-state index contributed by atoms with van der Waals surface area (Å²) >= 11 is 0. The van der Waals surface area contributed by atoms with Crippen molar-refractivity contribution in [2.45, 2.75) is 45.1 Å². The van der Waals surface area contributed by atoms with E-state index < -0.39 is 0 Å². The first-order chi connectivity index (χ1) is 10.3. The summed E-state index contributed by atoms with van der Waals surface area (Å²) in [5.41, 5.74) is 0. The number of ether oxygens (including phenoxy) is 1. The van der Waals surface area contributed by atoms with Crippen molar-refractivity contribution < 1.29 is 4.74 Å². The Morgan fingerprint density at radius 1 is 1.29 bits per heavy atom. The lowest BCUT2D eigenvalue weighted by molar-refractivity contribution is 0.304. The van der Waals surface area contributed by atoms with Crippen LogP contribution in [0, 0.1) is 5.92 Å². The fourth-order valence-corrected chi connectivity index (χ4v) is 2.71. The minimum atomic E-state index is 0.668. The molecule has 1 N–H and O–H groups in total. The van der Waals surface area contributed by atoms with Gasteiger partial charge >= 0.3 is 0 Å². The van der Waals surface area contributed by atoms with E-state index in [0.29, 0.717) is 18.5 Å². The molecular formula is C16H26N4O. The minimum absolute atomic E-state index is 0.668. The second-order valence-electron chi connectivity index (χ2n) is 6.16. The summed E-state index contributed by atoms with van der Waals surface area (Å²) in [4.78, 5) is 11.2. The van der Waals surface area contributed by atoms with E-state index in [-0.39, 0.29) is 0 Å². The fourth-order valence-electron chi connectivity index (χ4n) is 2.71. The normalized spacial score (nSPS) is 19.8. The molecule has 3 rings (SSSR count). The van der Waals surface area contributed by atoms with E-state index in [0.717, 1.165) is 31.4 Å². The molecular weight excluding hydrogens is 264 g/mol. The molecule has 0 spiro atoms. The van der Waals surface area contributed by atoms with E-state index in [2.05, 4.69) is 27.1 Å².